The smallest absolute Gasteiger partial charge is 0.162 e. The fourth-order valence-corrected chi connectivity index (χ4v) is 2.58. The Hall–Kier alpha value is -1.16. The molecule has 1 aromatic rings. The normalized spacial score (nSPS) is 17.1. The van der Waals surface area contributed by atoms with Gasteiger partial charge in [-0.1, -0.05) is 20.8 Å². The van der Waals surface area contributed by atoms with E-state index in [9.17, 15) is 0 Å². The van der Waals surface area contributed by atoms with Crippen molar-refractivity contribution in [1.29, 1.82) is 0 Å². The summed E-state index contributed by atoms with van der Waals surface area (Å²) in [6.45, 7) is 7.54. The zero-order chi connectivity index (χ0) is 14.6. The molecular formula is C16H27N3O. The van der Waals surface area contributed by atoms with Gasteiger partial charge in [0, 0.05) is 25.4 Å². The topological polar surface area (TPSA) is 47.0 Å². The van der Waals surface area contributed by atoms with Gasteiger partial charge in [0.2, 0.25) is 0 Å². The van der Waals surface area contributed by atoms with Crippen molar-refractivity contribution in [3.05, 3.63) is 17.6 Å². The van der Waals surface area contributed by atoms with E-state index in [1.807, 2.05) is 0 Å². The highest BCUT2D eigenvalue weighted by Gasteiger charge is 2.42. The summed E-state index contributed by atoms with van der Waals surface area (Å²) in [6, 6.07) is 2.08. The fourth-order valence-electron chi connectivity index (χ4n) is 2.58. The number of hydrogen-bond donors (Lipinski definition) is 1. The zero-order valence-corrected chi connectivity index (χ0v) is 13.2. The number of ether oxygens (including phenoxy) is 1. The van der Waals surface area contributed by atoms with Gasteiger partial charge < -0.3 is 10.1 Å². The number of hydrogen-bond acceptors (Lipinski definition) is 4. The molecule has 4 nitrogen and oxygen atoms in total. The van der Waals surface area contributed by atoms with Crippen molar-refractivity contribution in [3.8, 4) is 0 Å². The number of methoxy groups -OCH3 is 1. The van der Waals surface area contributed by atoms with Gasteiger partial charge in [-0.3, -0.25) is 0 Å². The van der Waals surface area contributed by atoms with E-state index in [1.165, 1.54) is 6.42 Å². The molecule has 1 heterocycles. The molecule has 0 aliphatic heterocycles. The van der Waals surface area contributed by atoms with Gasteiger partial charge in [0.15, 0.2) is 5.82 Å². The third-order valence-corrected chi connectivity index (χ3v) is 3.91. The molecule has 1 fully saturated rings. The SMILES string of the molecule is CCCNc1cc(CC(C)C)nc(C2(OC)CCC2)n1. The molecule has 1 N–H and O–H groups in total. The van der Waals surface area contributed by atoms with Crippen molar-refractivity contribution in [1.82, 2.24) is 9.97 Å². The molecule has 0 radical (unpaired) electrons. The molecule has 4 heteroatoms. The van der Waals surface area contributed by atoms with E-state index in [4.69, 9.17) is 14.7 Å². The molecule has 1 aliphatic carbocycles. The molecule has 0 aromatic carbocycles. The highest BCUT2D eigenvalue weighted by molar-refractivity contribution is 5.37. The fraction of sp³-hybridized carbons (Fsp3) is 0.750. The molecule has 0 atom stereocenters. The monoisotopic (exact) mass is 277 g/mol. The molecule has 0 bridgehead atoms. The van der Waals surface area contributed by atoms with Gasteiger partial charge in [-0.25, -0.2) is 9.97 Å². The van der Waals surface area contributed by atoms with Gasteiger partial charge in [-0.15, -0.1) is 0 Å². The molecule has 0 unspecified atom stereocenters. The molecule has 1 aromatic heterocycles. The summed E-state index contributed by atoms with van der Waals surface area (Å²) in [5, 5.41) is 3.39. The van der Waals surface area contributed by atoms with E-state index in [0.717, 1.165) is 49.6 Å². The molecular weight excluding hydrogens is 250 g/mol. The number of nitrogens with one attached hydrogen (secondary N) is 1. The lowest BCUT2D eigenvalue weighted by Gasteiger charge is -2.39. The highest BCUT2D eigenvalue weighted by atomic mass is 16.5. The predicted octanol–water partition coefficient (Wildman–Crippen LogP) is 3.52. The molecule has 0 saturated heterocycles. The van der Waals surface area contributed by atoms with E-state index in [2.05, 4.69) is 32.2 Å². The average Bonchev–Trinajstić information content (AvgIpc) is 2.35. The Morgan fingerprint density at radius 1 is 1.35 bits per heavy atom. The van der Waals surface area contributed by atoms with Crippen LogP contribution in [0.15, 0.2) is 6.07 Å². The Labute approximate surface area is 122 Å². The highest BCUT2D eigenvalue weighted by Crippen LogP contribution is 2.43. The minimum Gasteiger partial charge on any atom is -0.370 e. The summed E-state index contributed by atoms with van der Waals surface area (Å²) >= 11 is 0. The van der Waals surface area contributed by atoms with Crippen molar-refractivity contribution in [2.75, 3.05) is 19.0 Å². The quantitative estimate of drug-likeness (QED) is 0.828. The second kappa shape index (κ2) is 6.53. The maximum atomic E-state index is 5.73. The number of aromatic nitrogens is 2. The van der Waals surface area contributed by atoms with Crippen LogP contribution in [0.3, 0.4) is 0 Å². The predicted molar refractivity (Wildman–Crippen MR) is 81.9 cm³/mol. The lowest BCUT2D eigenvalue weighted by Crippen LogP contribution is -2.38. The lowest BCUT2D eigenvalue weighted by atomic mass is 9.79. The first kappa shape index (κ1) is 15.2. The van der Waals surface area contributed by atoms with Gasteiger partial charge in [-0.05, 0) is 38.0 Å². The Bertz CT molecular complexity index is 436. The van der Waals surface area contributed by atoms with Gasteiger partial charge in [0.05, 0.1) is 0 Å². The van der Waals surface area contributed by atoms with Crippen LogP contribution in [0.4, 0.5) is 5.82 Å². The average molecular weight is 277 g/mol. The molecule has 112 valence electrons. The summed E-state index contributed by atoms with van der Waals surface area (Å²) in [5.41, 5.74) is 0.877. The van der Waals surface area contributed by atoms with Gasteiger partial charge in [-0.2, -0.15) is 0 Å². The summed E-state index contributed by atoms with van der Waals surface area (Å²) < 4.78 is 5.73. The maximum absolute atomic E-state index is 5.73. The van der Waals surface area contributed by atoms with Crippen molar-refractivity contribution in [3.63, 3.8) is 0 Å². The van der Waals surface area contributed by atoms with Gasteiger partial charge >= 0.3 is 0 Å². The largest absolute Gasteiger partial charge is 0.370 e. The van der Waals surface area contributed by atoms with E-state index in [1.54, 1.807) is 7.11 Å². The summed E-state index contributed by atoms with van der Waals surface area (Å²) in [4.78, 5) is 9.47. The Morgan fingerprint density at radius 3 is 2.60 bits per heavy atom. The lowest BCUT2D eigenvalue weighted by molar-refractivity contribution is -0.0847. The van der Waals surface area contributed by atoms with Crippen LogP contribution in [0.2, 0.25) is 0 Å². The first-order valence-corrected chi connectivity index (χ1v) is 7.77. The summed E-state index contributed by atoms with van der Waals surface area (Å²) in [5.74, 6) is 2.40. The number of anilines is 1. The van der Waals surface area contributed by atoms with E-state index < -0.39 is 0 Å². The van der Waals surface area contributed by atoms with Crippen LogP contribution < -0.4 is 5.32 Å². The summed E-state index contributed by atoms with van der Waals surface area (Å²) in [7, 11) is 1.77. The molecule has 1 saturated carbocycles. The third kappa shape index (κ3) is 3.29. The molecule has 1 aliphatic rings. The van der Waals surface area contributed by atoms with Crippen LogP contribution in [0, 0.1) is 5.92 Å². The van der Waals surface area contributed by atoms with Crippen molar-refractivity contribution >= 4 is 5.82 Å². The Morgan fingerprint density at radius 2 is 2.10 bits per heavy atom. The van der Waals surface area contributed by atoms with Crippen LogP contribution in [0.1, 0.15) is 58.0 Å². The van der Waals surface area contributed by atoms with Gasteiger partial charge in [0.25, 0.3) is 0 Å². The van der Waals surface area contributed by atoms with Crippen LogP contribution in [-0.4, -0.2) is 23.6 Å². The standard InChI is InChI=1S/C16H27N3O/c1-5-9-17-14-11-13(10-12(2)3)18-15(19-14)16(20-4)7-6-8-16/h11-12H,5-10H2,1-4H3,(H,17,18,19). The summed E-state index contributed by atoms with van der Waals surface area (Å²) in [6.07, 6.45) is 5.33. The maximum Gasteiger partial charge on any atom is 0.162 e. The number of rotatable bonds is 7. The van der Waals surface area contributed by atoms with Crippen molar-refractivity contribution < 1.29 is 4.74 Å². The molecule has 20 heavy (non-hydrogen) atoms. The first-order valence-electron chi connectivity index (χ1n) is 7.77. The van der Waals surface area contributed by atoms with Crippen LogP contribution in [-0.2, 0) is 16.8 Å². The molecule has 0 amide bonds. The van der Waals surface area contributed by atoms with E-state index in [-0.39, 0.29) is 5.60 Å². The molecule has 2 rings (SSSR count). The third-order valence-electron chi connectivity index (χ3n) is 3.91. The van der Waals surface area contributed by atoms with Gasteiger partial charge in [0.1, 0.15) is 11.4 Å². The first-order chi connectivity index (χ1) is 9.59. The Balaban J connectivity index is 2.29. The van der Waals surface area contributed by atoms with Crippen molar-refractivity contribution in [2.45, 2.75) is 58.5 Å². The van der Waals surface area contributed by atoms with E-state index >= 15 is 0 Å². The van der Waals surface area contributed by atoms with Crippen LogP contribution >= 0.6 is 0 Å². The second-order valence-corrected chi connectivity index (χ2v) is 6.14. The second-order valence-electron chi connectivity index (χ2n) is 6.14. The van der Waals surface area contributed by atoms with Crippen molar-refractivity contribution in [2.24, 2.45) is 5.92 Å². The van der Waals surface area contributed by atoms with Crippen LogP contribution in [0.5, 0.6) is 0 Å². The Kier molecular flexibility index (Phi) is 4.97. The number of nitrogens with zero attached hydrogens (tertiary/aromatic N) is 2. The van der Waals surface area contributed by atoms with E-state index in [0.29, 0.717) is 5.92 Å². The minimum absolute atomic E-state index is 0.240. The zero-order valence-electron chi connectivity index (χ0n) is 13.2. The molecule has 0 spiro atoms. The minimum atomic E-state index is -0.240. The van der Waals surface area contributed by atoms with Crippen LogP contribution in [0.25, 0.3) is 0 Å².